The van der Waals surface area contributed by atoms with Crippen LogP contribution in [0.3, 0.4) is 0 Å². The van der Waals surface area contributed by atoms with Crippen molar-refractivity contribution in [1.82, 2.24) is 9.97 Å². The van der Waals surface area contributed by atoms with E-state index in [1.165, 1.54) is 0 Å². The molecule has 0 bridgehead atoms. The summed E-state index contributed by atoms with van der Waals surface area (Å²) >= 11 is 0. The molecule has 4 rings (SSSR count). The number of fused-ring (bicyclic) bond motifs is 2. The molecule has 0 saturated heterocycles. The molecule has 0 fully saturated rings. The van der Waals surface area contributed by atoms with E-state index in [1.807, 2.05) is 39.8 Å². The molecular weight excluding hydrogens is 372 g/mol. The van der Waals surface area contributed by atoms with Crippen LogP contribution in [0.15, 0.2) is 24.5 Å². The lowest BCUT2D eigenvalue weighted by molar-refractivity contribution is 0.00845. The highest BCUT2D eigenvalue weighted by molar-refractivity contribution is 6.00. The number of nitrogens with one attached hydrogen (secondary N) is 2. The lowest BCUT2D eigenvalue weighted by atomic mass is 9.97. The lowest BCUT2D eigenvalue weighted by Gasteiger charge is -2.17. The zero-order chi connectivity index (χ0) is 20.8. The predicted octanol–water partition coefficient (Wildman–Crippen LogP) is 3.20. The molecule has 0 aromatic carbocycles. The summed E-state index contributed by atoms with van der Waals surface area (Å²) in [7, 11) is 0. The van der Waals surface area contributed by atoms with Crippen LogP contribution in [-0.2, 0) is 20.7 Å². The quantitative estimate of drug-likeness (QED) is 0.567. The predicted molar refractivity (Wildman–Crippen MR) is 107 cm³/mol. The third-order valence-electron chi connectivity index (χ3n) is 5.24. The summed E-state index contributed by atoms with van der Waals surface area (Å²) < 4.78 is 10.9. The number of carbonyl (C=O) groups excluding carboxylic acids is 2. The molecule has 8 heteroatoms. The van der Waals surface area contributed by atoms with Crippen LogP contribution in [-0.4, -0.2) is 35.0 Å². The molecule has 0 atom stereocenters. The molecule has 0 saturated carbocycles. The van der Waals surface area contributed by atoms with Gasteiger partial charge in [0.2, 0.25) is 0 Å². The van der Waals surface area contributed by atoms with Crippen molar-refractivity contribution in [2.45, 2.75) is 45.3 Å². The summed E-state index contributed by atoms with van der Waals surface area (Å²) in [6.45, 7) is 8.64. The molecule has 2 aromatic heterocycles. The maximum atomic E-state index is 12.2. The second-order valence-corrected chi connectivity index (χ2v) is 8.17. The Bertz CT molecular complexity index is 921. The van der Waals surface area contributed by atoms with E-state index < -0.39 is 11.2 Å². The van der Waals surface area contributed by atoms with Gasteiger partial charge in [-0.05, 0) is 46.2 Å². The second kappa shape index (κ2) is 6.72. The number of carbonyl (C=O) groups is 2. The van der Waals surface area contributed by atoms with Crippen LogP contribution < -0.4 is 10.6 Å². The minimum Gasteiger partial charge on any atom is -0.451 e. The first-order valence-corrected chi connectivity index (χ1v) is 9.64. The largest absolute Gasteiger partial charge is 0.451 e. The number of aromatic nitrogens is 2. The fraction of sp³-hybridized carbons (Fsp3) is 0.429. The van der Waals surface area contributed by atoms with Crippen LogP contribution in [0.25, 0.3) is 0 Å². The molecule has 0 unspecified atom stereocenters. The van der Waals surface area contributed by atoms with Gasteiger partial charge in [-0.15, -0.1) is 0 Å². The molecular formula is C21H24N4O4. The molecule has 8 nitrogen and oxygen atoms in total. The van der Waals surface area contributed by atoms with Crippen LogP contribution in [0.2, 0.25) is 0 Å². The molecule has 2 aliphatic rings. The number of hydrogen-bond acceptors (Lipinski definition) is 8. The maximum absolute atomic E-state index is 12.2. The third kappa shape index (κ3) is 3.28. The average molecular weight is 396 g/mol. The Morgan fingerprint density at radius 1 is 0.793 bits per heavy atom. The number of pyridine rings is 2. The molecule has 0 spiro atoms. The van der Waals surface area contributed by atoms with Crippen molar-refractivity contribution in [3.63, 3.8) is 0 Å². The van der Waals surface area contributed by atoms with E-state index in [-0.39, 0.29) is 11.9 Å². The van der Waals surface area contributed by atoms with Crippen LogP contribution in [0.4, 0.5) is 11.6 Å². The molecule has 2 aliphatic heterocycles. The van der Waals surface area contributed by atoms with Crippen molar-refractivity contribution < 1.29 is 19.1 Å². The molecule has 0 radical (unpaired) electrons. The smallest absolute Gasteiger partial charge is 0.343 e. The normalized spacial score (nSPS) is 17.9. The molecule has 0 aliphatic carbocycles. The first-order chi connectivity index (χ1) is 13.7. The maximum Gasteiger partial charge on any atom is 0.343 e. The van der Waals surface area contributed by atoms with Crippen molar-refractivity contribution in [2.24, 2.45) is 0 Å². The number of anilines is 2. The lowest BCUT2D eigenvalue weighted by Crippen LogP contribution is -2.16. The van der Waals surface area contributed by atoms with Crippen LogP contribution >= 0.6 is 0 Å². The van der Waals surface area contributed by atoms with Crippen molar-refractivity contribution in [1.29, 1.82) is 0 Å². The Morgan fingerprint density at radius 3 is 1.62 bits per heavy atom. The van der Waals surface area contributed by atoms with Crippen molar-refractivity contribution in [3.05, 3.63) is 46.8 Å². The van der Waals surface area contributed by atoms with E-state index in [0.717, 1.165) is 17.5 Å². The van der Waals surface area contributed by atoms with Crippen LogP contribution in [0.1, 0.15) is 66.0 Å². The topological polar surface area (TPSA) is 102 Å². The zero-order valence-corrected chi connectivity index (χ0v) is 17.0. The van der Waals surface area contributed by atoms with Gasteiger partial charge in [0.25, 0.3) is 0 Å². The van der Waals surface area contributed by atoms with Gasteiger partial charge in [0.1, 0.15) is 34.0 Å². The highest BCUT2D eigenvalue weighted by atomic mass is 16.6. The minimum atomic E-state index is -0.644. The fourth-order valence-corrected chi connectivity index (χ4v) is 3.79. The van der Waals surface area contributed by atoms with Gasteiger partial charge in [-0.25, -0.2) is 19.6 Å². The van der Waals surface area contributed by atoms with E-state index in [4.69, 9.17) is 9.47 Å². The van der Waals surface area contributed by atoms with Gasteiger partial charge in [0.15, 0.2) is 0 Å². The Kier molecular flexibility index (Phi) is 4.44. The Labute approximate surface area is 169 Å². The number of ether oxygens (including phenoxy) is 2. The van der Waals surface area contributed by atoms with Gasteiger partial charge in [0, 0.05) is 36.6 Å². The second-order valence-electron chi connectivity index (χ2n) is 8.17. The summed E-state index contributed by atoms with van der Waals surface area (Å²) in [5.74, 6) is 0.345. The monoisotopic (exact) mass is 396 g/mol. The molecule has 0 amide bonds. The first kappa shape index (κ1) is 19.2. The van der Waals surface area contributed by atoms with Crippen molar-refractivity contribution in [3.8, 4) is 0 Å². The van der Waals surface area contributed by atoms with Gasteiger partial charge >= 0.3 is 11.9 Å². The van der Waals surface area contributed by atoms with E-state index >= 15 is 0 Å². The first-order valence-electron chi connectivity index (χ1n) is 9.64. The van der Waals surface area contributed by atoms with Gasteiger partial charge in [0.05, 0.1) is 0 Å². The Hall–Kier alpha value is -3.16. The molecule has 2 N–H and O–H groups in total. The molecule has 29 heavy (non-hydrogen) atoms. The highest BCUT2D eigenvalue weighted by Crippen LogP contribution is 2.39. The number of hydrogen-bond donors (Lipinski definition) is 2. The summed E-state index contributed by atoms with van der Waals surface area (Å²) in [5, 5.41) is 6.42. The summed E-state index contributed by atoms with van der Waals surface area (Å²) in [4.78, 5) is 33.0. The number of nitrogens with zero attached hydrogens (tertiary/aromatic N) is 2. The highest BCUT2D eigenvalue weighted by Gasteiger charge is 2.41. The SMILES string of the molecule is CC1(C)OC(=O)c2c1ccnc2NCCCNc1nccc2c1C(=O)OC2(C)C. The van der Waals surface area contributed by atoms with Gasteiger partial charge < -0.3 is 20.1 Å². The van der Waals surface area contributed by atoms with Crippen molar-refractivity contribution in [2.75, 3.05) is 23.7 Å². The van der Waals surface area contributed by atoms with Crippen LogP contribution in [0.5, 0.6) is 0 Å². The van der Waals surface area contributed by atoms with E-state index in [9.17, 15) is 9.59 Å². The van der Waals surface area contributed by atoms with E-state index in [2.05, 4.69) is 20.6 Å². The molecule has 2 aromatic rings. The zero-order valence-electron chi connectivity index (χ0n) is 17.0. The molecule has 4 heterocycles. The molecule has 152 valence electrons. The Morgan fingerprint density at radius 2 is 1.21 bits per heavy atom. The van der Waals surface area contributed by atoms with E-state index in [0.29, 0.717) is 35.9 Å². The average Bonchev–Trinajstić information content (AvgIpc) is 3.04. The van der Waals surface area contributed by atoms with Gasteiger partial charge in [-0.1, -0.05) is 0 Å². The standard InChI is InChI=1S/C21H24N4O4/c1-20(2)12-6-10-24-16(14(12)18(26)28-20)22-8-5-9-23-17-15-13(7-11-25-17)21(3,4)29-19(15)27/h6-7,10-11H,5,8-9H2,1-4H3,(H,22,24)(H,23,25). The van der Waals surface area contributed by atoms with E-state index in [1.54, 1.807) is 12.4 Å². The minimum absolute atomic E-state index is 0.357. The van der Waals surface area contributed by atoms with Crippen LogP contribution in [0, 0.1) is 0 Å². The summed E-state index contributed by atoms with van der Waals surface area (Å²) in [6.07, 6.45) is 4.08. The summed E-state index contributed by atoms with van der Waals surface area (Å²) in [6, 6.07) is 3.63. The number of rotatable bonds is 6. The number of cyclic esters (lactones) is 2. The number of esters is 2. The van der Waals surface area contributed by atoms with Gasteiger partial charge in [-0.3, -0.25) is 0 Å². The van der Waals surface area contributed by atoms with Crippen molar-refractivity contribution >= 4 is 23.6 Å². The van der Waals surface area contributed by atoms with Gasteiger partial charge in [-0.2, -0.15) is 0 Å². The Balaban J connectivity index is 1.37. The summed E-state index contributed by atoms with van der Waals surface area (Å²) in [5.41, 5.74) is 1.38. The fourth-order valence-electron chi connectivity index (χ4n) is 3.79. The third-order valence-corrected chi connectivity index (χ3v) is 5.24.